The molecule has 0 atom stereocenters. The van der Waals surface area contributed by atoms with Crippen molar-refractivity contribution in [2.45, 2.75) is 5.41 Å². The molecule has 0 saturated carbocycles. The molecule has 14 rings (SSSR count). The van der Waals surface area contributed by atoms with Crippen LogP contribution in [0.1, 0.15) is 22.3 Å². The van der Waals surface area contributed by atoms with Gasteiger partial charge in [0, 0.05) is 10.8 Å². The standard InChI is InChI=1S/C57H32O/c1-2-13-41-36(10-1)32-50-56(55(41)39-25-27-52-46(30-39)44-16-5-8-19-51(44)58-52)45-26-24-35(31-49(45)57(50)47-17-6-3-14-42(47)43-15-4-7-18-48(43)57)40-28-37-22-20-33-11-9-12-34-21-23-38(29-40)54(37)53(33)34/h1-32H. The Hall–Kier alpha value is -7.48. The van der Waals surface area contributed by atoms with Crippen LogP contribution in [0.2, 0.25) is 0 Å². The SMILES string of the molecule is c1ccc2c(c1)-c1ccccc1C21c2cc(-c3cc4ccc5cccc6ccc(c3)c4c56)ccc2-c2c1cc1ccccc1c2-c1ccc2oc3ccccc3c2c1. The third-order valence-corrected chi connectivity index (χ3v) is 13.6. The zero-order valence-electron chi connectivity index (χ0n) is 31.4. The van der Waals surface area contributed by atoms with Crippen molar-refractivity contribution in [3.8, 4) is 44.5 Å². The molecule has 1 heterocycles. The Labute approximate surface area is 334 Å². The average molecular weight is 733 g/mol. The zero-order valence-corrected chi connectivity index (χ0v) is 31.4. The van der Waals surface area contributed by atoms with Gasteiger partial charge in [-0.25, -0.2) is 0 Å². The second-order valence-corrected chi connectivity index (χ2v) is 16.3. The molecule has 2 aliphatic carbocycles. The first-order valence-electron chi connectivity index (χ1n) is 20.2. The number of hydrogen-bond donors (Lipinski definition) is 0. The summed E-state index contributed by atoms with van der Waals surface area (Å²) >= 11 is 0. The van der Waals surface area contributed by atoms with Gasteiger partial charge in [-0.15, -0.1) is 0 Å². The molecule has 0 aliphatic heterocycles. The lowest BCUT2D eigenvalue weighted by Crippen LogP contribution is -2.26. The molecule has 11 aromatic carbocycles. The predicted octanol–water partition coefficient (Wildman–Crippen LogP) is 15.3. The van der Waals surface area contributed by atoms with Crippen molar-refractivity contribution < 1.29 is 4.42 Å². The van der Waals surface area contributed by atoms with Crippen LogP contribution in [-0.2, 0) is 5.41 Å². The Kier molecular flexibility index (Phi) is 5.76. The van der Waals surface area contributed by atoms with Gasteiger partial charge in [0.15, 0.2) is 0 Å². The Morgan fingerprint density at radius 2 is 0.897 bits per heavy atom. The summed E-state index contributed by atoms with van der Waals surface area (Å²) in [5.41, 5.74) is 16.9. The van der Waals surface area contributed by atoms with E-state index in [9.17, 15) is 0 Å². The molecule has 0 amide bonds. The highest BCUT2D eigenvalue weighted by atomic mass is 16.3. The molecule has 1 heteroatoms. The normalized spacial score (nSPS) is 13.7. The molecule has 0 unspecified atom stereocenters. The maximum atomic E-state index is 6.35. The summed E-state index contributed by atoms with van der Waals surface area (Å²) < 4.78 is 6.35. The molecule has 266 valence electrons. The van der Waals surface area contributed by atoms with Crippen LogP contribution in [0.4, 0.5) is 0 Å². The monoisotopic (exact) mass is 732 g/mol. The highest BCUT2D eigenvalue weighted by Gasteiger charge is 2.52. The van der Waals surface area contributed by atoms with E-state index in [1.165, 1.54) is 110 Å². The number of furan rings is 1. The second-order valence-electron chi connectivity index (χ2n) is 16.3. The van der Waals surface area contributed by atoms with Crippen molar-refractivity contribution in [1.29, 1.82) is 0 Å². The van der Waals surface area contributed by atoms with Gasteiger partial charge in [0.25, 0.3) is 0 Å². The molecular formula is C57H32O. The van der Waals surface area contributed by atoms with Crippen LogP contribution in [0, 0.1) is 0 Å². The van der Waals surface area contributed by atoms with Gasteiger partial charge >= 0.3 is 0 Å². The van der Waals surface area contributed by atoms with E-state index in [1.54, 1.807) is 0 Å². The predicted molar refractivity (Wildman–Crippen MR) is 242 cm³/mol. The number of fused-ring (bicyclic) bond motifs is 14. The molecule has 58 heavy (non-hydrogen) atoms. The summed E-state index contributed by atoms with van der Waals surface area (Å²) in [5.74, 6) is 0. The minimum atomic E-state index is -0.505. The maximum Gasteiger partial charge on any atom is 0.135 e. The molecule has 0 bridgehead atoms. The molecule has 1 aromatic heterocycles. The summed E-state index contributed by atoms with van der Waals surface area (Å²) in [5, 5.41) is 12.6. The van der Waals surface area contributed by atoms with Crippen molar-refractivity contribution >= 4 is 65.0 Å². The average Bonchev–Trinajstić information content (AvgIpc) is 3.90. The summed E-state index contributed by atoms with van der Waals surface area (Å²) in [4.78, 5) is 0. The van der Waals surface area contributed by atoms with Crippen molar-refractivity contribution in [2.75, 3.05) is 0 Å². The fourth-order valence-corrected chi connectivity index (χ4v) is 11.2. The smallest absolute Gasteiger partial charge is 0.135 e. The first-order chi connectivity index (χ1) is 28.7. The van der Waals surface area contributed by atoms with E-state index < -0.39 is 5.41 Å². The number of hydrogen-bond acceptors (Lipinski definition) is 1. The van der Waals surface area contributed by atoms with Gasteiger partial charge in [-0.05, 0) is 152 Å². The molecule has 2 aliphatic rings. The zero-order chi connectivity index (χ0) is 37.7. The highest BCUT2D eigenvalue weighted by molar-refractivity contribution is 6.24. The van der Waals surface area contributed by atoms with E-state index in [2.05, 4.69) is 188 Å². The molecule has 0 saturated heterocycles. The van der Waals surface area contributed by atoms with E-state index in [1.807, 2.05) is 6.07 Å². The fourth-order valence-electron chi connectivity index (χ4n) is 11.2. The van der Waals surface area contributed by atoms with Crippen LogP contribution in [-0.4, -0.2) is 0 Å². The Balaban J connectivity index is 1.11. The largest absolute Gasteiger partial charge is 0.456 e. The fraction of sp³-hybridized carbons (Fsp3) is 0.0175. The first kappa shape index (κ1) is 30.7. The molecule has 0 fully saturated rings. The minimum absolute atomic E-state index is 0.505. The van der Waals surface area contributed by atoms with E-state index >= 15 is 0 Å². The van der Waals surface area contributed by atoms with Crippen molar-refractivity contribution in [1.82, 2.24) is 0 Å². The van der Waals surface area contributed by atoms with Crippen LogP contribution in [0.15, 0.2) is 199 Å². The van der Waals surface area contributed by atoms with E-state index in [-0.39, 0.29) is 0 Å². The van der Waals surface area contributed by atoms with Gasteiger partial charge in [0.05, 0.1) is 5.41 Å². The van der Waals surface area contributed by atoms with Gasteiger partial charge in [0.1, 0.15) is 11.2 Å². The van der Waals surface area contributed by atoms with E-state index in [0.29, 0.717) is 0 Å². The quantitative estimate of drug-likeness (QED) is 0.161. The van der Waals surface area contributed by atoms with Crippen molar-refractivity contribution in [3.05, 3.63) is 216 Å². The van der Waals surface area contributed by atoms with Gasteiger partial charge in [-0.1, -0.05) is 152 Å². The third-order valence-electron chi connectivity index (χ3n) is 13.6. The van der Waals surface area contributed by atoms with Crippen molar-refractivity contribution in [3.63, 3.8) is 0 Å². The Bertz CT molecular complexity index is 3640. The lowest BCUT2D eigenvalue weighted by Gasteiger charge is -2.31. The molecule has 1 nitrogen and oxygen atoms in total. The molecule has 0 N–H and O–H groups in total. The number of rotatable bonds is 2. The molecule has 0 radical (unpaired) electrons. The maximum absolute atomic E-state index is 6.35. The lowest BCUT2D eigenvalue weighted by atomic mass is 9.69. The van der Waals surface area contributed by atoms with Crippen LogP contribution in [0.25, 0.3) is 110 Å². The molecular weight excluding hydrogens is 701 g/mol. The van der Waals surface area contributed by atoms with E-state index in [0.717, 1.165) is 21.9 Å². The van der Waals surface area contributed by atoms with E-state index in [4.69, 9.17) is 4.42 Å². The second kappa shape index (κ2) is 10.9. The van der Waals surface area contributed by atoms with Crippen LogP contribution < -0.4 is 0 Å². The lowest BCUT2D eigenvalue weighted by molar-refractivity contribution is 0.669. The van der Waals surface area contributed by atoms with Crippen LogP contribution in [0.5, 0.6) is 0 Å². The summed E-state index contributed by atoms with van der Waals surface area (Å²) in [6.07, 6.45) is 0. The van der Waals surface area contributed by atoms with Crippen LogP contribution >= 0.6 is 0 Å². The third kappa shape index (κ3) is 3.77. The molecule has 12 aromatic rings. The van der Waals surface area contributed by atoms with Gasteiger partial charge in [-0.2, -0.15) is 0 Å². The summed E-state index contributed by atoms with van der Waals surface area (Å²) in [7, 11) is 0. The Morgan fingerprint density at radius 1 is 0.293 bits per heavy atom. The number of benzene rings is 11. The van der Waals surface area contributed by atoms with Gasteiger partial charge < -0.3 is 4.42 Å². The summed E-state index contributed by atoms with van der Waals surface area (Å²) in [6.45, 7) is 0. The Morgan fingerprint density at radius 3 is 1.67 bits per heavy atom. The van der Waals surface area contributed by atoms with Gasteiger partial charge in [-0.3, -0.25) is 0 Å². The molecule has 1 spiro atoms. The van der Waals surface area contributed by atoms with Crippen molar-refractivity contribution in [2.24, 2.45) is 0 Å². The van der Waals surface area contributed by atoms with Crippen LogP contribution in [0.3, 0.4) is 0 Å². The topological polar surface area (TPSA) is 13.1 Å². The minimum Gasteiger partial charge on any atom is -0.456 e. The number of para-hydroxylation sites is 1. The van der Waals surface area contributed by atoms with Gasteiger partial charge in [0.2, 0.25) is 0 Å². The summed E-state index contributed by atoms with van der Waals surface area (Å²) in [6, 6.07) is 72.9. The first-order valence-corrected chi connectivity index (χ1v) is 20.2. The highest BCUT2D eigenvalue weighted by Crippen LogP contribution is 2.65.